The Morgan fingerprint density at radius 3 is 2.21 bits per heavy atom. The van der Waals surface area contributed by atoms with Crippen molar-refractivity contribution in [3.63, 3.8) is 0 Å². The fourth-order valence-corrected chi connectivity index (χ4v) is 2.29. The van der Waals surface area contributed by atoms with Gasteiger partial charge in [-0.2, -0.15) is 5.26 Å². The van der Waals surface area contributed by atoms with Gasteiger partial charge in [-0.15, -0.1) is 0 Å². The van der Waals surface area contributed by atoms with Gasteiger partial charge in [0, 0.05) is 32.2 Å². The van der Waals surface area contributed by atoms with Crippen LogP contribution >= 0.6 is 0 Å². The number of nitrogens with zero attached hydrogens (tertiary/aromatic N) is 2. The van der Waals surface area contributed by atoms with Crippen LogP contribution in [0.5, 0.6) is 11.5 Å². The smallest absolute Gasteiger partial charge is 0.124 e. The largest absolute Gasteiger partial charge is 0.497 e. The Hall–Kier alpha value is -1.77. The molecule has 1 atom stereocenters. The second kappa shape index (κ2) is 6.41. The lowest BCUT2D eigenvalue weighted by Crippen LogP contribution is -2.44. The van der Waals surface area contributed by atoms with Gasteiger partial charge in [0.1, 0.15) is 17.5 Å². The highest BCUT2D eigenvalue weighted by molar-refractivity contribution is 5.41. The lowest BCUT2D eigenvalue weighted by molar-refractivity contribution is 0.207. The Kier molecular flexibility index (Phi) is 4.61. The maximum atomic E-state index is 9.47. The van der Waals surface area contributed by atoms with E-state index in [-0.39, 0.29) is 6.04 Å². The zero-order valence-corrected chi connectivity index (χ0v) is 11.3. The lowest BCUT2D eigenvalue weighted by Gasteiger charge is -2.31. The summed E-state index contributed by atoms with van der Waals surface area (Å²) in [4.78, 5) is 2.17. The Bertz CT molecular complexity index is 442. The van der Waals surface area contributed by atoms with Crippen LogP contribution in [0.3, 0.4) is 0 Å². The van der Waals surface area contributed by atoms with Crippen LogP contribution in [0.25, 0.3) is 0 Å². The molecule has 0 amide bonds. The molecule has 1 N–H and O–H groups in total. The normalized spacial score (nSPS) is 17.5. The molecule has 0 aliphatic carbocycles. The molecule has 2 rings (SSSR count). The van der Waals surface area contributed by atoms with Crippen molar-refractivity contribution in [2.45, 2.75) is 6.04 Å². The Morgan fingerprint density at radius 1 is 1.16 bits per heavy atom. The number of hydrogen-bond acceptors (Lipinski definition) is 5. The van der Waals surface area contributed by atoms with Crippen molar-refractivity contribution < 1.29 is 9.47 Å². The number of benzene rings is 1. The van der Waals surface area contributed by atoms with Gasteiger partial charge < -0.3 is 14.8 Å². The molecule has 1 aromatic rings. The molecular weight excluding hydrogens is 242 g/mol. The minimum atomic E-state index is -0.258. The summed E-state index contributed by atoms with van der Waals surface area (Å²) >= 11 is 0. The van der Waals surface area contributed by atoms with Crippen LogP contribution in [-0.2, 0) is 0 Å². The first-order valence-electron chi connectivity index (χ1n) is 6.36. The number of ether oxygens (including phenoxy) is 2. The van der Waals surface area contributed by atoms with E-state index in [9.17, 15) is 5.26 Å². The molecule has 1 aliphatic rings. The molecule has 0 spiro atoms. The maximum Gasteiger partial charge on any atom is 0.124 e. The van der Waals surface area contributed by atoms with Gasteiger partial charge in [-0.1, -0.05) is 0 Å². The summed E-state index contributed by atoms with van der Waals surface area (Å²) in [5.74, 6) is 1.43. The summed E-state index contributed by atoms with van der Waals surface area (Å²) in [5, 5.41) is 12.8. The van der Waals surface area contributed by atoms with E-state index in [0.29, 0.717) is 11.5 Å². The van der Waals surface area contributed by atoms with E-state index in [4.69, 9.17) is 9.47 Å². The maximum absolute atomic E-state index is 9.47. The minimum absolute atomic E-state index is 0.258. The summed E-state index contributed by atoms with van der Waals surface area (Å²) in [6.45, 7) is 3.58. The topological polar surface area (TPSA) is 57.5 Å². The minimum Gasteiger partial charge on any atom is -0.497 e. The zero-order chi connectivity index (χ0) is 13.7. The number of nitriles is 1. The van der Waals surface area contributed by atoms with E-state index >= 15 is 0 Å². The molecule has 0 saturated carbocycles. The van der Waals surface area contributed by atoms with Crippen LogP contribution in [0.2, 0.25) is 0 Å². The summed E-state index contributed by atoms with van der Waals surface area (Å²) in [7, 11) is 3.23. The number of nitrogens with one attached hydrogen (secondary N) is 1. The number of piperazine rings is 1. The number of methoxy groups -OCH3 is 2. The van der Waals surface area contributed by atoms with E-state index in [2.05, 4.69) is 16.3 Å². The van der Waals surface area contributed by atoms with Crippen molar-refractivity contribution in [3.05, 3.63) is 23.8 Å². The fourth-order valence-electron chi connectivity index (χ4n) is 2.29. The Labute approximate surface area is 113 Å². The average molecular weight is 261 g/mol. The standard InChI is InChI=1S/C14H19N3O2/c1-18-12-7-11(8-13(9-12)19-2)14(10-15)17-5-3-16-4-6-17/h7-9,14,16H,3-6H2,1-2H3. The van der Waals surface area contributed by atoms with Gasteiger partial charge >= 0.3 is 0 Å². The highest BCUT2D eigenvalue weighted by Gasteiger charge is 2.22. The molecule has 1 aromatic carbocycles. The van der Waals surface area contributed by atoms with Gasteiger partial charge in [-0.05, 0) is 17.7 Å². The molecule has 19 heavy (non-hydrogen) atoms. The van der Waals surface area contributed by atoms with Crippen LogP contribution in [0, 0.1) is 11.3 Å². The quantitative estimate of drug-likeness (QED) is 0.882. The summed E-state index contributed by atoms with van der Waals surface area (Å²) in [6, 6.07) is 7.74. The van der Waals surface area contributed by atoms with Gasteiger partial charge in [0.25, 0.3) is 0 Å². The fraction of sp³-hybridized carbons (Fsp3) is 0.500. The monoisotopic (exact) mass is 261 g/mol. The van der Waals surface area contributed by atoms with Crippen LogP contribution < -0.4 is 14.8 Å². The third kappa shape index (κ3) is 3.16. The van der Waals surface area contributed by atoms with E-state index in [1.165, 1.54) is 0 Å². The SMILES string of the molecule is COc1cc(OC)cc(C(C#N)N2CCNCC2)c1. The Balaban J connectivity index is 2.29. The molecule has 1 saturated heterocycles. The molecular formula is C14H19N3O2. The first-order valence-corrected chi connectivity index (χ1v) is 6.36. The molecule has 0 bridgehead atoms. The highest BCUT2D eigenvalue weighted by Crippen LogP contribution is 2.29. The molecule has 1 unspecified atom stereocenters. The van der Waals surface area contributed by atoms with Gasteiger partial charge in [0.2, 0.25) is 0 Å². The average Bonchev–Trinajstić information content (AvgIpc) is 2.48. The van der Waals surface area contributed by atoms with Crippen LogP contribution in [0.1, 0.15) is 11.6 Å². The first-order chi connectivity index (χ1) is 9.28. The molecule has 0 aromatic heterocycles. The van der Waals surface area contributed by atoms with E-state index in [1.807, 2.05) is 18.2 Å². The van der Waals surface area contributed by atoms with Crippen molar-refractivity contribution in [3.8, 4) is 17.6 Å². The molecule has 1 heterocycles. The molecule has 5 heteroatoms. The summed E-state index contributed by atoms with van der Waals surface area (Å²) < 4.78 is 10.5. The van der Waals surface area contributed by atoms with E-state index < -0.39 is 0 Å². The molecule has 0 radical (unpaired) electrons. The Morgan fingerprint density at radius 2 is 1.74 bits per heavy atom. The first kappa shape index (κ1) is 13.7. The third-order valence-corrected chi connectivity index (χ3v) is 3.33. The van der Waals surface area contributed by atoms with Gasteiger partial charge in [0.05, 0.1) is 20.3 Å². The highest BCUT2D eigenvalue weighted by atomic mass is 16.5. The summed E-state index contributed by atoms with van der Waals surface area (Å²) in [5.41, 5.74) is 0.917. The van der Waals surface area contributed by atoms with E-state index in [1.54, 1.807) is 14.2 Å². The second-order valence-corrected chi connectivity index (χ2v) is 4.46. The predicted molar refractivity (Wildman–Crippen MR) is 72.3 cm³/mol. The van der Waals surface area contributed by atoms with Crippen molar-refractivity contribution in [1.29, 1.82) is 5.26 Å². The van der Waals surface area contributed by atoms with Gasteiger partial charge in [-0.3, -0.25) is 4.90 Å². The number of hydrogen-bond donors (Lipinski definition) is 1. The lowest BCUT2D eigenvalue weighted by atomic mass is 10.0. The molecule has 102 valence electrons. The molecule has 1 fully saturated rings. The third-order valence-electron chi connectivity index (χ3n) is 3.33. The van der Waals surface area contributed by atoms with E-state index in [0.717, 1.165) is 31.7 Å². The van der Waals surface area contributed by atoms with Crippen LogP contribution in [0.15, 0.2) is 18.2 Å². The van der Waals surface area contributed by atoms with Crippen LogP contribution in [-0.4, -0.2) is 45.3 Å². The van der Waals surface area contributed by atoms with Crippen LogP contribution in [0.4, 0.5) is 0 Å². The van der Waals surface area contributed by atoms with Crippen molar-refractivity contribution >= 4 is 0 Å². The zero-order valence-electron chi connectivity index (χ0n) is 11.3. The summed E-state index contributed by atoms with van der Waals surface area (Å²) in [6.07, 6.45) is 0. The molecule has 1 aliphatic heterocycles. The second-order valence-electron chi connectivity index (χ2n) is 4.46. The van der Waals surface area contributed by atoms with Gasteiger partial charge in [-0.25, -0.2) is 0 Å². The van der Waals surface area contributed by atoms with Gasteiger partial charge in [0.15, 0.2) is 0 Å². The van der Waals surface area contributed by atoms with Crippen molar-refractivity contribution in [2.75, 3.05) is 40.4 Å². The van der Waals surface area contributed by atoms with Crippen molar-refractivity contribution in [2.24, 2.45) is 0 Å². The van der Waals surface area contributed by atoms with Crippen molar-refractivity contribution in [1.82, 2.24) is 10.2 Å². The number of rotatable bonds is 4. The molecule has 5 nitrogen and oxygen atoms in total. The predicted octanol–water partition coefficient (Wildman–Crippen LogP) is 1.17.